The van der Waals surface area contributed by atoms with E-state index in [1.807, 2.05) is 28.9 Å². The first-order chi connectivity index (χ1) is 31.1. The monoisotopic (exact) mass is 872 g/mol. The van der Waals surface area contributed by atoms with Crippen molar-refractivity contribution in [2.75, 3.05) is 63.7 Å². The number of carbonyl (C=O) groups is 5. The number of nitrogens with zero attached hydrogens (tertiary/aromatic N) is 7. The number of hydrogen-bond donors (Lipinski definition) is 5. The zero-order chi connectivity index (χ0) is 44.7. The van der Waals surface area contributed by atoms with Gasteiger partial charge in [-0.1, -0.05) is 31.4 Å². The van der Waals surface area contributed by atoms with Crippen LogP contribution in [0.25, 0.3) is 22.3 Å². The molecule has 2 fully saturated rings. The highest BCUT2D eigenvalue weighted by Crippen LogP contribution is 2.35. The van der Waals surface area contributed by atoms with Gasteiger partial charge in [0.05, 0.1) is 55.5 Å². The Bertz CT molecular complexity index is 2550. The minimum absolute atomic E-state index is 0.0487. The molecule has 4 aromatic rings. The van der Waals surface area contributed by atoms with E-state index in [0.29, 0.717) is 98.0 Å². The summed E-state index contributed by atoms with van der Waals surface area (Å²) in [4.78, 5) is 75.7. The van der Waals surface area contributed by atoms with E-state index in [1.54, 1.807) is 52.5 Å². The molecule has 4 aliphatic rings. The lowest BCUT2D eigenvalue weighted by Gasteiger charge is -2.33. The molecular weight excluding hydrogens is 825 g/mol. The Balaban J connectivity index is 0.778. The summed E-state index contributed by atoms with van der Waals surface area (Å²) in [7, 11) is 0. The van der Waals surface area contributed by atoms with Crippen LogP contribution < -0.4 is 32.1 Å². The van der Waals surface area contributed by atoms with Crippen LogP contribution in [-0.4, -0.2) is 123 Å². The Morgan fingerprint density at radius 3 is 2.61 bits per heavy atom. The van der Waals surface area contributed by atoms with Crippen LogP contribution in [0.15, 0.2) is 97.8 Å². The number of amides is 5. The van der Waals surface area contributed by atoms with Crippen LogP contribution in [0.5, 0.6) is 5.75 Å². The van der Waals surface area contributed by atoms with Gasteiger partial charge in [-0.25, -0.2) is 14.6 Å². The number of nitrogens with one attached hydrogen (secondary N) is 4. The third kappa shape index (κ3) is 9.19. The summed E-state index contributed by atoms with van der Waals surface area (Å²) in [5, 5.41) is 12.7. The van der Waals surface area contributed by atoms with Gasteiger partial charge in [0.1, 0.15) is 41.1 Å². The van der Waals surface area contributed by atoms with E-state index >= 15 is 0 Å². The molecule has 20 nitrogen and oxygen atoms in total. The van der Waals surface area contributed by atoms with E-state index in [-0.39, 0.29) is 35.9 Å². The summed E-state index contributed by atoms with van der Waals surface area (Å²) in [6.07, 6.45) is 9.93. The zero-order valence-corrected chi connectivity index (χ0v) is 35.0. The number of allylic oxidation sites excluding steroid dienone is 3. The number of nitrogen functional groups attached to an aromatic ring is 1. The fraction of sp³-hybridized carbons (Fsp3) is 0.318. The van der Waals surface area contributed by atoms with Crippen LogP contribution in [0.4, 0.5) is 11.5 Å². The number of imide groups is 2. The Kier molecular flexibility index (Phi) is 13.1. The molecule has 5 amide bonds. The van der Waals surface area contributed by atoms with E-state index in [4.69, 9.17) is 25.0 Å². The summed E-state index contributed by atoms with van der Waals surface area (Å²) in [6, 6.07) is 11.1. The summed E-state index contributed by atoms with van der Waals surface area (Å²) in [5.41, 5.74) is 15.6. The van der Waals surface area contributed by atoms with Crippen LogP contribution in [0.2, 0.25) is 0 Å². The Hall–Kier alpha value is -7.42. The van der Waals surface area contributed by atoms with Crippen LogP contribution in [0, 0.1) is 0 Å². The first-order valence-corrected chi connectivity index (χ1v) is 20.9. The smallest absolute Gasteiger partial charge is 0.272 e. The molecule has 4 aliphatic heterocycles. The van der Waals surface area contributed by atoms with Crippen LogP contribution >= 0.6 is 0 Å². The van der Waals surface area contributed by atoms with Gasteiger partial charge >= 0.3 is 0 Å². The second-order valence-corrected chi connectivity index (χ2v) is 15.3. The normalized spacial score (nSPS) is 18.6. The van der Waals surface area contributed by atoms with Gasteiger partial charge < -0.3 is 30.2 Å². The average molecular weight is 873 g/mol. The van der Waals surface area contributed by atoms with Crippen LogP contribution in [-0.2, 0) is 23.9 Å². The van der Waals surface area contributed by atoms with Crippen molar-refractivity contribution >= 4 is 52.1 Å². The Morgan fingerprint density at radius 2 is 1.81 bits per heavy atom. The highest BCUT2D eigenvalue weighted by atomic mass is 16.5. The standard InChI is InChI=1S/C44H48N12O8/c1-3-4-7-27(2)64-30-13-11-28(12-14-30)38-37-39(45)47-26-48-40(37)56(51-38)29-8-6-18-53(24-29)43(60)33-25-54(52-50-33)19-21-63-23-22-62-20-17-46-32-10-5-9-31-36(32)44(61)55(42(31)59)34-15-16-35(57)49-41(34)58/h3-5,7,9-14,25-26,29,34,46,50,52H,1-2,6,8,15-24H2,(H2,45,47,48)(H,49,57,58)/b7-4-. The van der Waals surface area contributed by atoms with Crippen molar-refractivity contribution in [2.24, 2.45) is 0 Å². The summed E-state index contributed by atoms with van der Waals surface area (Å²) >= 11 is 0. The zero-order valence-electron chi connectivity index (χ0n) is 35.0. The third-order valence-corrected chi connectivity index (χ3v) is 11.1. The number of anilines is 2. The van der Waals surface area contributed by atoms with Crippen molar-refractivity contribution in [1.29, 1.82) is 0 Å². The van der Waals surface area contributed by atoms with E-state index in [0.717, 1.165) is 23.3 Å². The predicted octanol–water partition coefficient (Wildman–Crippen LogP) is 2.59. The Morgan fingerprint density at radius 1 is 1.00 bits per heavy atom. The lowest BCUT2D eigenvalue weighted by atomic mass is 10.0. The van der Waals surface area contributed by atoms with Gasteiger partial charge in [-0.3, -0.25) is 44.6 Å². The molecule has 0 saturated carbocycles. The number of fused-ring (bicyclic) bond motifs is 2. The summed E-state index contributed by atoms with van der Waals surface area (Å²) < 4.78 is 19.1. The number of hydrogen-bond acceptors (Lipinski definition) is 16. The number of carbonyl (C=O) groups excluding carboxylic acids is 5. The summed E-state index contributed by atoms with van der Waals surface area (Å²) in [5.74, 6) is -0.996. The fourth-order valence-corrected chi connectivity index (χ4v) is 7.99. The molecule has 0 spiro atoms. The number of ether oxygens (including phenoxy) is 3. The molecule has 2 unspecified atom stereocenters. The second kappa shape index (κ2) is 19.3. The molecule has 6 heterocycles. The van der Waals surface area contributed by atoms with Gasteiger partial charge in [0, 0.05) is 43.5 Å². The van der Waals surface area contributed by atoms with Crippen molar-refractivity contribution in [3.05, 3.63) is 109 Å². The SMILES string of the molecule is C=C/C=C\C(=C)Oc1ccc(-c2nn(C3CCCN(C(=O)C4=CN(CCOCCOCCNc5cccc6c5C(=O)N(C5CCC(=O)NC5=O)C6=O)NN4)C3)c3ncnc(N)c23)cc1. The molecule has 332 valence electrons. The van der Waals surface area contributed by atoms with Crippen molar-refractivity contribution in [3.63, 3.8) is 0 Å². The molecule has 2 atom stereocenters. The molecular formula is C44H48N12O8. The number of benzene rings is 2. The molecule has 20 heteroatoms. The number of hydrazine groups is 2. The second-order valence-electron chi connectivity index (χ2n) is 15.3. The number of piperidine rings is 2. The highest BCUT2D eigenvalue weighted by Gasteiger charge is 2.45. The van der Waals surface area contributed by atoms with Gasteiger partial charge in [0.2, 0.25) is 11.8 Å². The Labute approximate surface area is 367 Å². The number of likely N-dealkylation sites (tertiary alicyclic amines) is 1. The molecule has 0 radical (unpaired) electrons. The first-order valence-electron chi connectivity index (χ1n) is 20.9. The predicted molar refractivity (Wildman–Crippen MR) is 233 cm³/mol. The number of aromatic nitrogens is 4. The molecule has 8 rings (SSSR count). The number of nitrogens with two attached hydrogens (primary N) is 1. The van der Waals surface area contributed by atoms with Crippen molar-refractivity contribution in [3.8, 4) is 17.0 Å². The third-order valence-electron chi connectivity index (χ3n) is 11.1. The van der Waals surface area contributed by atoms with Gasteiger partial charge in [-0.15, -0.1) is 5.53 Å². The van der Waals surface area contributed by atoms with Crippen molar-refractivity contribution in [2.45, 2.75) is 37.8 Å². The van der Waals surface area contributed by atoms with Gasteiger partial charge in [0.15, 0.2) is 5.65 Å². The molecule has 2 aromatic carbocycles. The number of rotatable bonds is 18. The van der Waals surface area contributed by atoms with Crippen molar-refractivity contribution in [1.82, 2.24) is 50.8 Å². The van der Waals surface area contributed by atoms with E-state index in [2.05, 4.69) is 44.7 Å². The minimum Gasteiger partial charge on any atom is -0.458 e. The topological polar surface area (TPSA) is 240 Å². The minimum atomic E-state index is -1.04. The average Bonchev–Trinajstić information content (AvgIpc) is 4.01. The molecule has 2 saturated heterocycles. The molecule has 6 N–H and O–H groups in total. The highest BCUT2D eigenvalue weighted by molar-refractivity contribution is 6.25. The van der Waals surface area contributed by atoms with Crippen LogP contribution in [0.3, 0.4) is 0 Å². The largest absolute Gasteiger partial charge is 0.458 e. The van der Waals surface area contributed by atoms with Crippen molar-refractivity contribution < 1.29 is 38.2 Å². The van der Waals surface area contributed by atoms with Crippen LogP contribution in [0.1, 0.15) is 52.4 Å². The lowest BCUT2D eigenvalue weighted by Crippen LogP contribution is -2.54. The molecule has 0 aliphatic carbocycles. The molecule has 2 aromatic heterocycles. The van der Waals surface area contributed by atoms with Gasteiger partial charge in [-0.2, -0.15) is 5.10 Å². The van der Waals surface area contributed by atoms with E-state index < -0.39 is 29.7 Å². The van der Waals surface area contributed by atoms with Gasteiger partial charge in [0.25, 0.3) is 17.7 Å². The lowest BCUT2D eigenvalue weighted by molar-refractivity contribution is -0.136. The molecule has 64 heavy (non-hydrogen) atoms. The maximum Gasteiger partial charge on any atom is 0.272 e. The maximum atomic E-state index is 13.7. The first kappa shape index (κ1) is 43.2. The van der Waals surface area contributed by atoms with E-state index in [9.17, 15) is 24.0 Å². The van der Waals surface area contributed by atoms with Gasteiger partial charge in [-0.05, 0) is 61.7 Å². The fourth-order valence-electron chi connectivity index (χ4n) is 7.99. The van der Waals surface area contributed by atoms with E-state index in [1.165, 1.54) is 6.33 Å². The molecule has 0 bridgehead atoms. The summed E-state index contributed by atoms with van der Waals surface area (Å²) in [6.45, 7) is 10.6. The maximum absolute atomic E-state index is 13.7. The quantitative estimate of drug-likeness (QED) is 0.0418.